The molecule has 2 heterocycles. The van der Waals surface area contributed by atoms with E-state index in [9.17, 15) is 9.59 Å². The fourth-order valence-electron chi connectivity index (χ4n) is 2.96. The summed E-state index contributed by atoms with van der Waals surface area (Å²) in [6, 6.07) is 16.8. The molecule has 0 saturated heterocycles. The van der Waals surface area contributed by atoms with Crippen molar-refractivity contribution in [2.24, 2.45) is 0 Å². The van der Waals surface area contributed by atoms with Crippen molar-refractivity contribution in [3.8, 4) is 11.3 Å². The maximum Gasteiger partial charge on any atom is 0.294 e. The number of nitrogens with one attached hydrogen (secondary N) is 1. The van der Waals surface area contributed by atoms with E-state index >= 15 is 0 Å². The Bertz CT molecular complexity index is 1230. The van der Waals surface area contributed by atoms with Gasteiger partial charge in [-0.1, -0.05) is 54.1 Å². The second kappa shape index (κ2) is 8.14. The van der Waals surface area contributed by atoms with E-state index in [1.165, 1.54) is 16.0 Å². The van der Waals surface area contributed by atoms with Crippen molar-refractivity contribution in [3.63, 3.8) is 0 Å². The number of amides is 1. The molecule has 0 atom stereocenters. The monoisotopic (exact) mass is 424 g/mol. The summed E-state index contributed by atoms with van der Waals surface area (Å²) in [7, 11) is 0. The number of carbonyl (C=O) groups is 1. The number of halogens is 1. The molecule has 4 aromatic rings. The number of aryl methyl sites for hydroxylation is 1. The average molecular weight is 425 g/mol. The van der Waals surface area contributed by atoms with Gasteiger partial charge in [-0.3, -0.25) is 9.59 Å². The van der Waals surface area contributed by atoms with Crippen LogP contribution in [0, 0.1) is 6.92 Å². The zero-order valence-electron chi connectivity index (χ0n) is 15.6. The highest BCUT2D eigenvalue weighted by Gasteiger charge is 2.17. The fraction of sp³-hybridized carbons (Fsp3) is 0.143. The number of thiazole rings is 1. The lowest BCUT2D eigenvalue weighted by Crippen LogP contribution is -2.33. The third kappa shape index (κ3) is 4.21. The first-order valence-corrected chi connectivity index (χ1v) is 10.2. The third-order valence-electron chi connectivity index (χ3n) is 4.35. The molecule has 0 aliphatic carbocycles. The Kier molecular flexibility index (Phi) is 5.42. The van der Waals surface area contributed by atoms with Gasteiger partial charge in [0.25, 0.3) is 5.56 Å². The Morgan fingerprint density at radius 2 is 1.86 bits per heavy atom. The first-order valence-electron chi connectivity index (χ1n) is 8.96. The van der Waals surface area contributed by atoms with Gasteiger partial charge >= 0.3 is 0 Å². The van der Waals surface area contributed by atoms with E-state index in [-0.39, 0.29) is 18.0 Å². The lowest BCUT2D eigenvalue weighted by atomic mass is 10.1. The molecule has 2 aromatic heterocycles. The van der Waals surface area contributed by atoms with Gasteiger partial charge in [0.05, 0.1) is 9.71 Å². The minimum Gasteiger partial charge on any atom is -0.350 e. The number of fused-ring (bicyclic) bond motifs is 1. The molecular weight excluding hydrogens is 408 g/mol. The van der Waals surface area contributed by atoms with Crippen LogP contribution in [0.5, 0.6) is 0 Å². The molecule has 0 aliphatic heterocycles. The number of nitrogens with zero attached hydrogens (tertiary/aromatic N) is 3. The molecule has 0 unspecified atom stereocenters. The molecule has 6 nitrogen and oxygen atoms in total. The lowest BCUT2D eigenvalue weighted by Gasteiger charge is -2.09. The van der Waals surface area contributed by atoms with Crippen molar-refractivity contribution in [2.75, 3.05) is 0 Å². The highest BCUT2D eigenvalue weighted by Crippen LogP contribution is 2.30. The second-order valence-electron chi connectivity index (χ2n) is 6.49. The molecule has 1 amide bonds. The average Bonchev–Trinajstić information content (AvgIpc) is 3.12. The largest absolute Gasteiger partial charge is 0.350 e. The van der Waals surface area contributed by atoms with E-state index in [0.717, 1.165) is 16.1 Å². The van der Waals surface area contributed by atoms with Crippen LogP contribution < -0.4 is 10.9 Å². The van der Waals surface area contributed by atoms with Gasteiger partial charge < -0.3 is 5.32 Å². The van der Waals surface area contributed by atoms with E-state index in [1.54, 1.807) is 12.1 Å². The summed E-state index contributed by atoms with van der Waals surface area (Å²) in [5.41, 5.74) is 2.34. The molecule has 0 radical (unpaired) electrons. The maximum absolute atomic E-state index is 12.8. The molecule has 8 heteroatoms. The Morgan fingerprint density at radius 1 is 1.14 bits per heavy atom. The van der Waals surface area contributed by atoms with E-state index in [4.69, 9.17) is 11.6 Å². The Balaban J connectivity index is 1.67. The van der Waals surface area contributed by atoms with Crippen LogP contribution in [0.1, 0.15) is 10.6 Å². The first-order chi connectivity index (χ1) is 14.0. The summed E-state index contributed by atoms with van der Waals surface area (Å²) >= 11 is 7.40. The molecular formula is C21H17ClN4O2S. The molecule has 2 aromatic carbocycles. The molecule has 0 bridgehead atoms. The van der Waals surface area contributed by atoms with Gasteiger partial charge in [-0.15, -0.1) is 11.3 Å². The molecule has 146 valence electrons. The smallest absolute Gasteiger partial charge is 0.294 e. The summed E-state index contributed by atoms with van der Waals surface area (Å²) in [4.78, 5) is 29.6. The molecule has 4 rings (SSSR count). The highest BCUT2D eigenvalue weighted by molar-refractivity contribution is 7.19. The summed E-state index contributed by atoms with van der Waals surface area (Å²) in [5.74, 6) is -0.295. The van der Waals surface area contributed by atoms with Crippen LogP contribution in [0.3, 0.4) is 0 Å². The van der Waals surface area contributed by atoms with Crippen molar-refractivity contribution in [1.29, 1.82) is 0 Å². The van der Waals surface area contributed by atoms with Crippen LogP contribution in [0.15, 0.2) is 59.4 Å². The zero-order valence-corrected chi connectivity index (χ0v) is 17.1. The van der Waals surface area contributed by atoms with E-state index in [2.05, 4.69) is 15.4 Å². The molecule has 0 aliphatic rings. The predicted molar refractivity (Wildman–Crippen MR) is 115 cm³/mol. The van der Waals surface area contributed by atoms with E-state index in [0.29, 0.717) is 27.5 Å². The van der Waals surface area contributed by atoms with Gasteiger partial charge in [-0.2, -0.15) is 5.10 Å². The van der Waals surface area contributed by atoms with Crippen molar-refractivity contribution in [2.45, 2.75) is 20.0 Å². The molecule has 0 fully saturated rings. The third-order valence-corrected chi connectivity index (χ3v) is 5.58. The van der Waals surface area contributed by atoms with Crippen LogP contribution in [-0.2, 0) is 17.9 Å². The zero-order chi connectivity index (χ0) is 20.4. The van der Waals surface area contributed by atoms with Gasteiger partial charge in [-0.05, 0) is 24.6 Å². The van der Waals surface area contributed by atoms with Crippen LogP contribution in [0.4, 0.5) is 0 Å². The topological polar surface area (TPSA) is 76.9 Å². The molecule has 0 spiro atoms. The number of hydrogen-bond donors (Lipinski definition) is 1. The quantitative estimate of drug-likeness (QED) is 0.528. The normalized spacial score (nSPS) is 11.0. The number of carbonyl (C=O) groups excluding carboxylic acids is 1. The van der Waals surface area contributed by atoms with Crippen molar-refractivity contribution in [1.82, 2.24) is 20.1 Å². The maximum atomic E-state index is 12.8. The SMILES string of the molecule is Cc1nc2c(=O)n(CC(=O)NCc3ccccc3)nc(-c3ccc(Cl)cc3)c2s1. The second-order valence-corrected chi connectivity index (χ2v) is 8.13. The minimum atomic E-state index is -0.378. The number of aromatic nitrogens is 3. The van der Waals surface area contributed by atoms with Crippen LogP contribution >= 0.6 is 22.9 Å². The minimum absolute atomic E-state index is 0.182. The van der Waals surface area contributed by atoms with E-state index in [1.807, 2.05) is 49.4 Å². The lowest BCUT2D eigenvalue weighted by molar-refractivity contribution is -0.122. The number of rotatable bonds is 5. The highest BCUT2D eigenvalue weighted by atomic mass is 35.5. The molecule has 1 N–H and O–H groups in total. The Hall–Kier alpha value is -3.03. The van der Waals surface area contributed by atoms with Gasteiger partial charge in [0.15, 0.2) is 5.52 Å². The van der Waals surface area contributed by atoms with Gasteiger partial charge in [-0.25, -0.2) is 9.67 Å². The van der Waals surface area contributed by atoms with E-state index < -0.39 is 0 Å². The van der Waals surface area contributed by atoms with Crippen LogP contribution in [0.2, 0.25) is 5.02 Å². The fourth-order valence-corrected chi connectivity index (χ4v) is 4.00. The number of benzene rings is 2. The predicted octanol–water partition coefficient (Wildman–Crippen LogP) is 3.80. The first kappa shape index (κ1) is 19.3. The summed E-state index contributed by atoms with van der Waals surface area (Å²) < 4.78 is 1.88. The summed E-state index contributed by atoms with van der Waals surface area (Å²) in [5, 5.41) is 8.67. The molecule has 0 saturated carbocycles. The Labute approximate surface area is 175 Å². The van der Waals surface area contributed by atoms with Gasteiger partial charge in [0, 0.05) is 17.1 Å². The standard InChI is InChI=1S/C21H17ClN4O2S/c1-13-24-19-20(29-13)18(15-7-9-16(22)10-8-15)25-26(21(19)28)12-17(27)23-11-14-5-3-2-4-6-14/h2-10H,11-12H2,1H3,(H,23,27). The van der Waals surface area contributed by atoms with Crippen molar-refractivity contribution < 1.29 is 4.79 Å². The Morgan fingerprint density at radius 3 is 2.59 bits per heavy atom. The van der Waals surface area contributed by atoms with Crippen LogP contribution in [0.25, 0.3) is 21.5 Å². The van der Waals surface area contributed by atoms with Gasteiger partial charge in [0.1, 0.15) is 12.2 Å². The number of hydrogen-bond acceptors (Lipinski definition) is 5. The van der Waals surface area contributed by atoms with Gasteiger partial charge in [0.2, 0.25) is 5.91 Å². The summed E-state index contributed by atoms with van der Waals surface area (Å²) in [6.45, 7) is 2.04. The van der Waals surface area contributed by atoms with Crippen LogP contribution in [-0.4, -0.2) is 20.7 Å². The van der Waals surface area contributed by atoms with Crippen molar-refractivity contribution >= 4 is 39.1 Å². The molecule has 29 heavy (non-hydrogen) atoms. The van der Waals surface area contributed by atoms with Crippen molar-refractivity contribution in [3.05, 3.63) is 80.5 Å². The summed E-state index contributed by atoms with van der Waals surface area (Å²) in [6.07, 6.45) is 0.